The fraction of sp³-hybridized carbons (Fsp3) is 0.800. The SMILES string of the molecule is CCCn1nc(C)c(N)c1NCC1CCCC(C)C1. The van der Waals surface area contributed by atoms with E-state index < -0.39 is 0 Å². The average molecular weight is 264 g/mol. The predicted octanol–water partition coefficient (Wildman–Crippen LogP) is 3.42. The van der Waals surface area contributed by atoms with Gasteiger partial charge >= 0.3 is 0 Å². The summed E-state index contributed by atoms with van der Waals surface area (Å²) < 4.78 is 2.02. The zero-order chi connectivity index (χ0) is 13.8. The van der Waals surface area contributed by atoms with Crippen molar-refractivity contribution >= 4 is 11.5 Å². The third kappa shape index (κ3) is 3.43. The van der Waals surface area contributed by atoms with Gasteiger partial charge in [-0.05, 0) is 38.0 Å². The van der Waals surface area contributed by atoms with Crippen LogP contribution in [0.15, 0.2) is 0 Å². The van der Waals surface area contributed by atoms with E-state index in [4.69, 9.17) is 5.73 Å². The molecule has 1 fully saturated rings. The summed E-state index contributed by atoms with van der Waals surface area (Å²) in [5.41, 5.74) is 7.89. The van der Waals surface area contributed by atoms with Crippen LogP contribution >= 0.6 is 0 Å². The Labute approximate surface area is 116 Å². The van der Waals surface area contributed by atoms with Gasteiger partial charge < -0.3 is 11.1 Å². The van der Waals surface area contributed by atoms with Crippen LogP contribution in [0.4, 0.5) is 11.5 Å². The van der Waals surface area contributed by atoms with E-state index >= 15 is 0 Å². The Morgan fingerprint density at radius 1 is 1.42 bits per heavy atom. The molecule has 2 unspecified atom stereocenters. The van der Waals surface area contributed by atoms with Crippen molar-refractivity contribution in [2.45, 2.75) is 59.4 Å². The third-order valence-corrected chi connectivity index (χ3v) is 4.21. The number of hydrogen-bond donors (Lipinski definition) is 2. The number of nitrogens with one attached hydrogen (secondary N) is 1. The first-order chi connectivity index (χ1) is 9.11. The second-order valence-electron chi connectivity index (χ2n) is 6.09. The number of rotatable bonds is 5. The molecule has 4 heteroatoms. The smallest absolute Gasteiger partial charge is 0.148 e. The second kappa shape index (κ2) is 6.31. The number of nitrogens with two attached hydrogens (primary N) is 1. The van der Waals surface area contributed by atoms with Crippen molar-refractivity contribution in [3.05, 3.63) is 5.69 Å². The first-order valence-corrected chi connectivity index (χ1v) is 7.68. The highest BCUT2D eigenvalue weighted by atomic mass is 15.3. The van der Waals surface area contributed by atoms with Gasteiger partial charge in [-0.1, -0.05) is 26.7 Å². The van der Waals surface area contributed by atoms with Crippen molar-refractivity contribution in [2.24, 2.45) is 11.8 Å². The van der Waals surface area contributed by atoms with E-state index in [2.05, 4.69) is 24.3 Å². The summed E-state index contributed by atoms with van der Waals surface area (Å²) in [6, 6.07) is 0. The van der Waals surface area contributed by atoms with Crippen LogP contribution in [0.25, 0.3) is 0 Å². The van der Waals surface area contributed by atoms with E-state index in [1.54, 1.807) is 0 Å². The minimum Gasteiger partial charge on any atom is -0.394 e. The van der Waals surface area contributed by atoms with Crippen LogP contribution in [0.2, 0.25) is 0 Å². The lowest BCUT2D eigenvalue weighted by Gasteiger charge is -2.27. The van der Waals surface area contributed by atoms with Crippen LogP contribution in [-0.4, -0.2) is 16.3 Å². The summed E-state index contributed by atoms with van der Waals surface area (Å²) in [6.07, 6.45) is 6.53. The Bertz CT molecular complexity index is 411. The Hall–Kier alpha value is -1.19. The maximum absolute atomic E-state index is 6.13. The number of aryl methyl sites for hydroxylation is 2. The summed E-state index contributed by atoms with van der Waals surface area (Å²) in [6.45, 7) is 8.48. The van der Waals surface area contributed by atoms with E-state index in [9.17, 15) is 0 Å². The van der Waals surface area contributed by atoms with Crippen molar-refractivity contribution < 1.29 is 0 Å². The predicted molar refractivity (Wildman–Crippen MR) is 81.3 cm³/mol. The van der Waals surface area contributed by atoms with Gasteiger partial charge in [0, 0.05) is 13.1 Å². The Kier molecular flexibility index (Phi) is 4.72. The second-order valence-corrected chi connectivity index (χ2v) is 6.09. The van der Waals surface area contributed by atoms with Crippen LogP contribution in [0.3, 0.4) is 0 Å². The summed E-state index contributed by atoms with van der Waals surface area (Å²) in [7, 11) is 0. The van der Waals surface area contributed by atoms with Crippen molar-refractivity contribution in [3.63, 3.8) is 0 Å². The highest BCUT2D eigenvalue weighted by molar-refractivity contribution is 5.64. The van der Waals surface area contributed by atoms with E-state index in [1.165, 1.54) is 25.7 Å². The molecule has 0 radical (unpaired) electrons. The van der Waals surface area contributed by atoms with Crippen molar-refractivity contribution in [2.75, 3.05) is 17.6 Å². The topological polar surface area (TPSA) is 55.9 Å². The average Bonchev–Trinajstić information content (AvgIpc) is 2.63. The summed E-state index contributed by atoms with van der Waals surface area (Å²) >= 11 is 0. The first-order valence-electron chi connectivity index (χ1n) is 7.68. The third-order valence-electron chi connectivity index (χ3n) is 4.21. The van der Waals surface area contributed by atoms with E-state index in [0.29, 0.717) is 0 Å². The fourth-order valence-corrected chi connectivity index (χ4v) is 3.14. The minimum atomic E-state index is 0.786. The normalized spacial score (nSPS) is 23.5. The number of aromatic nitrogens is 2. The number of nitrogens with zero attached hydrogens (tertiary/aromatic N) is 2. The van der Waals surface area contributed by atoms with Crippen LogP contribution in [-0.2, 0) is 6.54 Å². The van der Waals surface area contributed by atoms with Gasteiger partial charge in [0.1, 0.15) is 5.82 Å². The monoisotopic (exact) mass is 264 g/mol. The van der Waals surface area contributed by atoms with Gasteiger partial charge in [-0.25, -0.2) is 4.68 Å². The summed E-state index contributed by atoms with van der Waals surface area (Å²) in [5, 5.41) is 8.06. The van der Waals surface area contributed by atoms with Gasteiger partial charge in [0.05, 0.1) is 11.4 Å². The van der Waals surface area contributed by atoms with Crippen molar-refractivity contribution in [1.82, 2.24) is 9.78 Å². The van der Waals surface area contributed by atoms with Gasteiger partial charge in [-0.3, -0.25) is 0 Å². The van der Waals surface area contributed by atoms with Gasteiger partial charge in [-0.15, -0.1) is 0 Å². The molecule has 1 aromatic heterocycles. The lowest BCUT2D eigenvalue weighted by Crippen LogP contribution is -2.22. The molecule has 108 valence electrons. The lowest BCUT2D eigenvalue weighted by molar-refractivity contribution is 0.293. The van der Waals surface area contributed by atoms with Crippen LogP contribution in [0.1, 0.15) is 51.6 Å². The Morgan fingerprint density at radius 3 is 2.89 bits per heavy atom. The van der Waals surface area contributed by atoms with Crippen LogP contribution in [0, 0.1) is 18.8 Å². The Morgan fingerprint density at radius 2 is 2.21 bits per heavy atom. The molecule has 0 spiro atoms. The lowest BCUT2D eigenvalue weighted by atomic mass is 9.82. The minimum absolute atomic E-state index is 0.786. The molecular formula is C15H28N4. The molecule has 0 aliphatic heterocycles. The number of nitrogen functional groups attached to an aromatic ring is 1. The van der Waals surface area contributed by atoms with Crippen molar-refractivity contribution in [3.8, 4) is 0 Å². The first kappa shape index (κ1) is 14.2. The van der Waals surface area contributed by atoms with Gasteiger partial charge in [0.25, 0.3) is 0 Å². The van der Waals surface area contributed by atoms with E-state index in [-0.39, 0.29) is 0 Å². The fourth-order valence-electron chi connectivity index (χ4n) is 3.14. The molecule has 1 heterocycles. The molecular weight excluding hydrogens is 236 g/mol. The van der Waals surface area contributed by atoms with Gasteiger partial charge in [-0.2, -0.15) is 5.10 Å². The molecule has 2 rings (SSSR count). The molecule has 4 nitrogen and oxygen atoms in total. The molecule has 0 bridgehead atoms. The largest absolute Gasteiger partial charge is 0.394 e. The highest BCUT2D eigenvalue weighted by Gasteiger charge is 2.20. The molecule has 1 aliphatic carbocycles. The molecule has 0 aromatic carbocycles. The maximum atomic E-state index is 6.13. The molecule has 19 heavy (non-hydrogen) atoms. The molecule has 0 amide bonds. The molecule has 0 saturated heterocycles. The van der Waals surface area contributed by atoms with E-state index in [1.807, 2.05) is 11.6 Å². The van der Waals surface area contributed by atoms with Gasteiger partial charge in [0.2, 0.25) is 0 Å². The van der Waals surface area contributed by atoms with Crippen molar-refractivity contribution in [1.29, 1.82) is 0 Å². The highest BCUT2D eigenvalue weighted by Crippen LogP contribution is 2.30. The standard InChI is InChI=1S/C15H28N4/c1-4-8-19-15(14(16)12(3)18-19)17-10-13-7-5-6-11(2)9-13/h11,13,17H,4-10,16H2,1-3H3. The molecule has 1 aliphatic rings. The van der Waals surface area contributed by atoms with Crippen LogP contribution in [0.5, 0.6) is 0 Å². The van der Waals surface area contributed by atoms with Gasteiger partial charge in [0.15, 0.2) is 0 Å². The molecule has 1 aromatic rings. The number of anilines is 2. The van der Waals surface area contributed by atoms with E-state index in [0.717, 1.165) is 48.5 Å². The molecule has 1 saturated carbocycles. The Balaban J connectivity index is 1.98. The maximum Gasteiger partial charge on any atom is 0.148 e. The number of hydrogen-bond acceptors (Lipinski definition) is 3. The zero-order valence-corrected chi connectivity index (χ0v) is 12.6. The quantitative estimate of drug-likeness (QED) is 0.856. The summed E-state index contributed by atoms with van der Waals surface area (Å²) in [5.74, 6) is 2.69. The molecule has 2 atom stereocenters. The summed E-state index contributed by atoms with van der Waals surface area (Å²) in [4.78, 5) is 0. The molecule has 3 N–H and O–H groups in total. The van der Waals surface area contributed by atoms with Crippen LogP contribution < -0.4 is 11.1 Å². The zero-order valence-electron chi connectivity index (χ0n) is 12.6.